The van der Waals surface area contributed by atoms with E-state index in [1.165, 1.54) is 12.8 Å². The van der Waals surface area contributed by atoms with Crippen LogP contribution in [0.5, 0.6) is 0 Å². The molecule has 0 radical (unpaired) electrons. The largest absolute Gasteiger partial charge is 0.342 e. The molecule has 0 atom stereocenters. The SMILES string of the molecule is O=C(C1CCN(c2nc(-c3ccccc3)no2)CC1)N1CCCCCC1. The molecule has 0 unspecified atom stereocenters. The number of hydrogen-bond donors (Lipinski definition) is 0. The molecule has 1 aromatic carbocycles. The molecule has 1 amide bonds. The first-order valence-electron chi connectivity index (χ1n) is 9.74. The van der Waals surface area contributed by atoms with Crippen molar-refractivity contribution in [1.82, 2.24) is 15.0 Å². The topological polar surface area (TPSA) is 62.5 Å². The highest BCUT2D eigenvalue weighted by Crippen LogP contribution is 2.26. The van der Waals surface area contributed by atoms with Crippen LogP contribution < -0.4 is 4.90 Å². The van der Waals surface area contributed by atoms with Crippen molar-refractivity contribution in [3.05, 3.63) is 30.3 Å². The second-order valence-corrected chi connectivity index (χ2v) is 7.27. The zero-order valence-electron chi connectivity index (χ0n) is 15.1. The fourth-order valence-electron chi connectivity index (χ4n) is 3.92. The number of carbonyl (C=O) groups is 1. The quantitative estimate of drug-likeness (QED) is 0.846. The van der Waals surface area contributed by atoms with E-state index in [0.717, 1.165) is 57.4 Å². The maximum absolute atomic E-state index is 12.8. The first-order valence-corrected chi connectivity index (χ1v) is 9.74. The van der Waals surface area contributed by atoms with Crippen molar-refractivity contribution < 1.29 is 9.32 Å². The lowest BCUT2D eigenvalue weighted by Crippen LogP contribution is -2.43. The van der Waals surface area contributed by atoms with Crippen LogP contribution in [0.2, 0.25) is 0 Å². The molecular formula is C20H26N4O2. The molecule has 2 aliphatic heterocycles. The highest BCUT2D eigenvalue weighted by molar-refractivity contribution is 5.79. The number of piperidine rings is 1. The molecule has 2 saturated heterocycles. The molecule has 0 bridgehead atoms. The molecule has 26 heavy (non-hydrogen) atoms. The van der Waals surface area contributed by atoms with E-state index >= 15 is 0 Å². The van der Waals surface area contributed by atoms with Gasteiger partial charge in [-0.15, -0.1) is 0 Å². The van der Waals surface area contributed by atoms with Gasteiger partial charge in [0.15, 0.2) is 0 Å². The van der Waals surface area contributed by atoms with Gasteiger partial charge in [0.2, 0.25) is 11.7 Å². The lowest BCUT2D eigenvalue weighted by atomic mass is 9.95. The molecule has 6 heteroatoms. The van der Waals surface area contributed by atoms with Gasteiger partial charge in [-0.3, -0.25) is 4.79 Å². The van der Waals surface area contributed by atoms with Gasteiger partial charge in [0.05, 0.1) is 0 Å². The van der Waals surface area contributed by atoms with Gasteiger partial charge >= 0.3 is 6.01 Å². The number of carbonyl (C=O) groups excluding carboxylic acids is 1. The fraction of sp³-hybridized carbons (Fsp3) is 0.550. The summed E-state index contributed by atoms with van der Waals surface area (Å²) < 4.78 is 5.46. The molecule has 138 valence electrons. The van der Waals surface area contributed by atoms with E-state index < -0.39 is 0 Å². The molecular weight excluding hydrogens is 328 g/mol. The third-order valence-electron chi connectivity index (χ3n) is 5.48. The van der Waals surface area contributed by atoms with E-state index in [4.69, 9.17) is 4.52 Å². The average Bonchev–Trinajstić information content (AvgIpc) is 3.04. The van der Waals surface area contributed by atoms with Crippen molar-refractivity contribution in [2.45, 2.75) is 38.5 Å². The minimum absolute atomic E-state index is 0.140. The Kier molecular flexibility index (Phi) is 5.18. The van der Waals surface area contributed by atoms with Crippen molar-refractivity contribution in [3.63, 3.8) is 0 Å². The van der Waals surface area contributed by atoms with E-state index in [9.17, 15) is 4.79 Å². The number of benzene rings is 1. The maximum Gasteiger partial charge on any atom is 0.324 e. The van der Waals surface area contributed by atoms with Gasteiger partial charge in [-0.2, -0.15) is 4.98 Å². The van der Waals surface area contributed by atoms with Gasteiger partial charge < -0.3 is 14.3 Å². The molecule has 3 heterocycles. The Bertz CT molecular complexity index is 714. The van der Waals surface area contributed by atoms with Crippen molar-refractivity contribution in [2.24, 2.45) is 5.92 Å². The summed E-state index contributed by atoms with van der Waals surface area (Å²) in [6.45, 7) is 3.45. The highest BCUT2D eigenvalue weighted by atomic mass is 16.5. The molecule has 0 aliphatic carbocycles. The zero-order chi connectivity index (χ0) is 17.8. The van der Waals surface area contributed by atoms with Crippen LogP contribution in [-0.4, -0.2) is 47.1 Å². The van der Waals surface area contributed by atoms with Crippen LogP contribution in [0.25, 0.3) is 11.4 Å². The van der Waals surface area contributed by atoms with E-state index in [2.05, 4.69) is 19.9 Å². The van der Waals surface area contributed by atoms with Crippen molar-refractivity contribution in [2.75, 3.05) is 31.1 Å². The zero-order valence-corrected chi connectivity index (χ0v) is 15.1. The highest BCUT2D eigenvalue weighted by Gasteiger charge is 2.30. The van der Waals surface area contributed by atoms with E-state index in [-0.39, 0.29) is 5.92 Å². The number of anilines is 1. The van der Waals surface area contributed by atoms with Crippen LogP contribution in [0, 0.1) is 5.92 Å². The number of rotatable bonds is 3. The van der Waals surface area contributed by atoms with Crippen LogP contribution in [0.4, 0.5) is 6.01 Å². The van der Waals surface area contributed by atoms with E-state index in [1.54, 1.807) is 0 Å². The molecule has 2 aromatic rings. The summed E-state index contributed by atoms with van der Waals surface area (Å²) in [5.74, 6) is 1.10. The first kappa shape index (κ1) is 17.1. The van der Waals surface area contributed by atoms with Crippen LogP contribution in [0.1, 0.15) is 38.5 Å². The Morgan fingerprint density at radius 3 is 2.35 bits per heavy atom. The van der Waals surface area contributed by atoms with E-state index in [0.29, 0.717) is 17.7 Å². The number of likely N-dealkylation sites (tertiary alicyclic amines) is 1. The lowest BCUT2D eigenvalue weighted by molar-refractivity contribution is -0.136. The van der Waals surface area contributed by atoms with Crippen LogP contribution in [0.15, 0.2) is 34.9 Å². The molecule has 0 spiro atoms. The Hall–Kier alpha value is -2.37. The normalized spacial score (nSPS) is 19.4. The van der Waals surface area contributed by atoms with Crippen LogP contribution in [-0.2, 0) is 4.79 Å². The number of amides is 1. The van der Waals surface area contributed by atoms with Crippen LogP contribution >= 0.6 is 0 Å². The van der Waals surface area contributed by atoms with Gasteiger partial charge in [0.25, 0.3) is 0 Å². The Balaban J connectivity index is 1.35. The fourth-order valence-corrected chi connectivity index (χ4v) is 3.92. The van der Waals surface area contributed by atoms with Gasteiger partial charge in [0.1, 0.15) is 0 Å². The minimum atomic E-state index is 0.140. The molecule has 0 N–H and O–H groups in total. The maximum atomic E-state index is 12.8. The second kappa shape index (κ2) is 7.89. The first-order chi connectivity index (χ1) is 12.8. The summed E-state index contributed by atoms with van der Waals surface area (Å²) in [5.41, 5.74) is 0.953. The molecule has 2 fully saturated rings. The standard InChI is InChI=1S/C20H26N4O2/c25-19(23-12-6-1-2-7-13-23)17-10-14-24(15-11-17)20-21-18(22-26-20)16-8-4-3-5-9-16/h3-5,8-9,17H,1-2,6-7,10-15H2. The average molecular weight is 354 g/mol. The van der Waals surface area contributed by atoms with Crippen LogP contribution in [0.3, 0.4) is 0 Å². The van der Waals surface area contributed by atoms with Crippen molar-refractivity contribution in [3.8, 4) is 11.4 Å². The summed E-state index contributed by atoms with van der Waals surface area (Å²) in [5, 5.41) is 4.10. The monoisotopic (exact) mass is 354 g/mol. The Morgan fingerprint density at radius 1 is 0.962 bits per heavy atom. The van der Waals surface area contributed by atoms with Crippen molar-refractivity contribution >= 4 is 11.9 Å². The Morgan fingerprint density at radius 2 is 1.65 bits per heavy atom. The molecule has 4 rings (SSSR count). The summed E-state index contributed by atoms with van der Waals surface area (Å²) in [6.07, 6.45) is 6.52. The number of aromatic nitrogens is 2. The predicted molar refractivity (Wildman–Crippen MR) is 99.7 cm³/mol. The predicted octanol–water partition coefficient (Wildman–Crippen LogP) is 3.36. The van der Waals surface area contributed by atoms with E-state index in [1.807, 2.05) is 30.3 Å². The van der Waals surface area contributed by atoms with Gasteiger partial charge in [-0.1, -0.05) is 48.3 Å². The summed E-state index contributed by atoms with van der Waals surface area (Å²) in [4.78, 5) is 21.5. The number of hydrogen-bond acceptors (Lipinski definition) is 5. The molecule has 2 aliphatic rings. The van der Waals surface area contributed by atoms with Gasteiger partial charge in [0, 0.05) is 37.7 Å². The van der Waals surface area contributed by atoms with Crippen molar-refractivity contribution in [1.29, 1.82) is 0 Å². The third kappa shape index (κ3) is 3.74. The summed E-state index contributed by atoms with van der Waals surface area (Å²) >= 11 is 0. The minimum Gasteiger partial charge on any atom is -0.342 e. The second-order valence-electron chi connectivity index (χ2n) is 7.27. The molecule has 6 nitrogen and oxygen atoms in total. The Labute approximate surface area is 154 Å². The molecule has 0 saturated carbocycles. The lowest BCUT2D eigenvalue weighted by Gasteiger charge is -2.33. The third-order valence-corrected chi connectivity index (χ3v) is 5.48. The molecule has 1 aromatic heterocycles. The summed E-state index contributed by atoms with van der Waals surface area (Å²) in [7, 11) is 0. The number of nitrogens with zero attached hydrogens (tertiary/aromatic N) is 4. The summed E-state index contributed by atoms with van der Waals surface area (Å²) in [6, 6.07) is 10.4. The van der Waals surface area contributed by atoms with Gasteiger partial charge in [-0.25, -0.2) is 0 Å². The van der Waals surface area contributed by atoms with Gasteiger partial charge in [-0.05, 0) is 25.7 Å². The smallest absolute Gasteiger partial charge is 0.324 e.